The Labute approximate surface area is 120 Å². The third-order valence-electron chi connectivity index (χ3n) is 3.21. The number of hydrogen-bond donors (Lipinski definition) is 1. The second-order valence-electron chi connectivity index (χ2n) is 4.55. The monoisotopic (exact) mass is 312 g/mol. The van der Waals surface area contributed by atoms with Gasteiger partial charge in [0.2, 0.25) is 0 Å². The molecule has 19 heavy (non-hydrogen) atoms. The Morgan fingerprint density at radius 2 is 1.79 bits per heavy atom. The largest absolute Gasteiger partial charge is 0.398 e. The van der Waals surface area contributed by atoms with E-state index in [0.717, 1.165) is 37.9 Å². The van der Waals surface area contributed by atoms with Gasteiger partial charge in [0.25, 0.3) is 0 Å². The highest BCUT2D eigenvalue weighted by molar-refractivity contribution is 9.10. The van der Waals surface area contributed by atoms with E-state index >= 15 is 0 Å². The van der Waals surface area contributed by atoms with E-state index in [1.165, 1.54) is 0 Å². The van der Waals surface area contributed by atoms with Gasteiger partial charge in [-0.05, 0) is 24.6 Å². The van der Waals surface area contributed by atoms with Crippen LogP contribution in [0.1, 0.15) is 5.56 Å². The third-order valence-corrected chi connectivity index (χ3v) is 3.87. The lowest BCUT2D eigenvalue weighted by molar-refractivity contribution is 1.36. The first kappa shape index (κ1) is 12.2. The van der Waals surface area contributed by atoms with Gasteiger partial charge < -0.3 is 5.73 Å². The number of fused-ring (bicyclic) bond motifs is 1. The summed E-state index contributed by atoms with van der Waals surface area (Å²) in [5, 5.41) is 0.986. The molecule has 0 fully saturated rings. The second-order valence-corrected chi connectivity index (χ2v) is 5.40. The smallest absolute Gasteiger partial charge is 0.0770 e. The van der Waals surface area contributed by atoms with Crippen molar-refractivity contribution in [2.75, 3.05) is 5.73 Å². The van der Waals surface area contributed by atoms with E-state index < -0.39 is 0 Å². The molecule has 0 saturated heterocycles. The number of nitrogens with zero attached hydrogens (tertiary/aromatic N) is 1. The van der Waals surface area contributed by atoms with Gasteiger partial charge in [-0.2, -0.15) is 0 Å². The average molecular weight is 313 g/mol. The van der Waals surface area contributed by atoms with E-state index in [2.05, 4.69) is 22.9 Å². The summed E-state index contributed by atoms with van der Waals surface area (Å²) < 4.78 is 0.984. The summed E-state index contributed by atoms with van der Waals surface area (Å²) in [5.74, 6) is 0. The molecule has 2 N–H and O–H groups in total. The van der Waals surface area contributed by atoms with E-state index in [0.29, 0.717) is 0 Å². The van der Waals surface area contributed by atoms with E-state index in [9.17, 15) is 0 Å². The molecule has 3 aromatic rings. The Balaban J connectivity index is 2.34. The molecule has 0 radical (unpaired) electrons. The summed E-state index contributed by atoms with van der Waals surface area (Å²) in [6.07, 6.45) is 0. The maximum Gasteiger partial charge on any atom is 0.0770 e. The van der Waals surface area contributed by atoms with Crippen LogP contribution in [0.4, 0.5) is 5.69 Å². The average Bonchev–Trinajstić information content (AvgIpc) is 2.43. The molecule has 0 unspecified atom stereocenters. The first-order valence-corrected chi connectivity index (χ1v) is 6.87. The van der Waals surface area contributed by atoms with Crippen LogP contribution in [0.25, 0.3) is 22.2 Å². The normalized spacial score (nSPS) is 10.8. The van der Waals surface area contributed by atoms with Gasteiger partial charge >= 0.3 is 0 Å². The summed E-state index contributed by atoms with van der Waals surface area (Å²) in [5.41, 5.74) is 11.0. The Morgan fingerprint density at radius 1 is 1.05 bits per heavy atom. The first-order valence-electron chi connectivity index (χ1n) is 6.07. The SMILES string of the molecule is Cc1ccc(Br)c2c(N)cc(-c3ccccc3)nc12. The molecule has 0 bridgehead atoms. The number of aryl methyl sites for hydroxylation is 1. The fourth-order valence-corrected chi connectivity index (χ4v) is 2.77. The van der Waals surface area contributed by atoms with Crippen LogP contribution < -0.4 is 5.73 Å². The summed E-state index contributed by atoms with van der Waals surface area (Å²) >= 11 is 3.54. The predicted molar refractivity (Wildman–Crippen MR) is 84.0 cm³/mol. The highest BCUT2D eigenvalue weighted by atomic mass is 79.9. The van der Waals surface area contributed by atoms with Crippen molar-refractivity contribution in [3.63, 3.8) is 0 Å². The van der Waals surface area contributed by atoms with Gasteiger partial charge in [-0.25, -0.2) is 4.98 Å². The molecule has 2 nitrogen and oxygen atoms in total. The summed E-state index contributed by atoms with van der Waals surface area (Å²) in [6.45, 7) is 2.05. The number of aromatic nitrogens is 1. The van der Waals surface area contributed by atoms with E-state index in [1.54, 1.807) is 0 Å². The zero-order valence-corrected chi connectivity index (χ0v) is 12.1. The maximum absolute atomic E-state index is 6.19. The van der Waals surface area contributed by atoms with Crippen LogP contribution in [-0.4, -0.2) is 4.98 Å². The third kappa shape index (κ3) is 2.10. The number of anilines is 1. The minimum absolute atomic E-state index is 0.749. The van der Waals surface area contributed by atoms with Crippen molar-refractivity contribution in [3.05, 3.63) is 58.6 Å². The molecule has 0 amide bonds. The summed E-state index contributed by atoms with van der Waals surface area (Å²) in [4.78, 5) is 4.76. The zero-order chi connectivity index (χ0) is 13.4. The van der Waals surface area contributed by atoms with Gasteiger partial charge in [-0.1, -0.05) is 52.3 Å². The van der Waals surface area contributed by atoms with Crippen LogP contribution in [0.3, 0.4) is 0 Å². The minimum atomic E-state index is 0.749. The molecule has 0 aliphatic carbocycles. The van der Waals surface area contributed by atoms with Gasteiger partial charge in [-0.15, -0.1) is 0 Å². The molecule has 2 aromatic carbocycles. The molecular weight excluding hydrogens is 300 g/mol. The Hall–Kier alpha value is -1.87. The van der Waals surface area contributed by atoms with Gasteiger partial charge in [0, 0.05) is 21.1 Å². The predicted octanol–water partition coefficient (Wildman–Crippen LogP) is 4.55. The van der Waals surface area contributed by atoms with Crippen molar-refractivity contribution in [2.24, 2.45) is 0 Å². The van der Waals surface area contributed by atoms with Crippen LogP contribution in [0, 0.1) is 6.92 Å². The van der Waals surface area contributed by atoms with Crippen molar-refractivity contribution in [1.82, 2.24) is 4.98 Å². The lowest BCUT2D eigenvalue weighted by atomic mass is 10.1. The molecule has 94 valence electrons. The molecule has 3 rings (SSSR count). The number of pyridine rings is 1. The van der Waals surface area contributed by atoms with Gasteiger partial charge in [0.1, 0.15) is 0 Å². The number of nitrogens with two attached hydrogens (primary N) is 1. The number of nitrogen functional groups attached to an aromatic ring is 1. The molecule has 0 atom stereocenters. The highest BCUT2D eigenvalue weighted by Gasteiger charge is 2.10. The fourth-order valence-electron chi connectivity index (χ4n) is 2.22. The second kappa shape index (κ2) is 4.67. The highest BCUT2D eigenvalue weighted by Crippen LogP contribution is 2.33. The van der Waals surface area contributed by atoms with Crippen LogP contribution in [0.15, 0.2) is 53.0 Å². The van der Waals surface area contributed by atoms with E-state index in [-0.39, 0.29) is 0 Å². The Kier molecular flexibility index (Phi) is 2.99. The quantitative estimate of drug-likeness (QED) is 0.715. The number of benzene rings is 2. The van der Waals surface area contributed by atoms with Crippen LogP contribution >= 0.6 is 15.9 Å². The van der Waals surface area contributed by atoms with Crippen LogP contribution in [-0.2, 0) is 0 Å². The molecule has 0 spiro atoms. The molecule has 0 saturated carbocycles. The molecule has 1 aromatic heterocycles. The van der Waals surface area contributed by atoms with Gasteiger partial charge in [0.15, 0.2) is 0 Å². The van der Waals surface area contributed by atoms with E-state index in [1.807, 2.05) is 48.5 Å². The van der Waals surface area contributed by atoms with Crippen molar-refractivity contribution >= 4 is 32.5 Å². The molecule has 0 aliphatic heterocycles. The zero-order valence-electron chi connectivity index (χ0n) is 10.5. The van der Waals surface area contributed by atoms with Crippen LogP contribution in [0.2, 0.25) is 0 Å². The Bertz CT molecular complexity index is 752. The number of halogens is 1. The topological polar surface area (TPSA) is 38.9 Å². The van der Waals surface area contributed by atoms with E-state index in [4.69, 9.17) is 10.7 Å². The van der Waals surface area contributed by atoms with Crippen LogP contribution in [0.5, 0.6) is 0 Å². The minimum Gasteiger partial charge on any atom is -0.398 e. The van der Waals surface area contributed by atoms with Crippen molar-refractivity contribution in [2.45, 2.75) is 6.92 Å². The summed E-state index contributed by atoms with van der Waals surface area (Å²) in [7, 11) is 0. The van der Waals surface area contributed by atoms with Crippen molar-refractivity contribution in [1.29, 1.82) is 0 Å². The fraction of sp³-hybridized carbons (Fsp3) is 0.0625. The van der Waals surface area contributed by atoms with Gasteiger partial charge in [-0.3, -0.25) is 0 Å². The lowest BCUT2D eigenvalue weighted by Crippen LogP contribution is -1.95. The molecule has 1 heterocycles. The molecular formula is C16H13BrN2. The Morgan fingerprint density at radius 3 is 2.53 bits per heavy atom. The molecule has 3 heteroatoms. The van der Waals surface area contributed by atoms with Crippen molar-refractivity contribution in [3.8, 4) is 11.3 Å². The number of hydrogen-bond acceptors (Lipinski definition) is 2. The lowest BCUT2D eigenvalue weighted by Gasteiger charge is -2.10. The van der Waals surface area contributed by atoms with Crippen molar-refractivity contribution < 1.29 is 0 Å². The molecule has 0 aliphatic rings. The number of rotatable bonds is 1. The maximum atomic E-state index is 6.19. The first-order chi connectivity index (χ1) is 9.16. The standard InChI is InChI=1S/C16H13BrN2/c1-10-7-8-12(17)15-13(18)9-14(19-16(10)15)11-5-3-2-4-6-11/h2-9H,1H3,(H2,18,19). The van der Waals surface area contributed by atoms with Gasteiger partial charge in [0.05, 0.1) is 11.2 Å². The summed E-state index contributed by atoms with van der Waals surface area (Å²) in [6, 6.07) is 16.1.